The number of nitrogen functional groups attached to an aromatic ring is 1. The summed E-state index contributed by atoms with van der Waals surface area (Å²) >= 11 is 0. The Balaban J connectivity index is 1.97. The first kappa shape index (κ1) is 12.1. The molecule has 0 unspecified atom stereocenters. The lowest BCUT2D eigenvalue weighted by Crippen LogP contribution is -2.39. The van der Waals surface area contributed by atoms with Gasteiger partial charge in [-0.25, -0.2) is 8.78 Å². The standard InChI is InChI=1S/C13H18F2N2/c1-13(14,15)10-6-8-17(9-7-10)12-4-2-11(16)3-5-12/h2-5,10H,6-9,16H2,1H3. The number of piperidine rings is 1. The summed E-state index contributed by atoms with van der Waals surface area (Å²) < 4.78 is 26.3. The Morgan fingerprint density at radius 3 is 2.18 bits per heavy atom. The number of halogens is 2. The van der Waals surface area contributed by atoms with Gasteiger partial charge in [0.1, 0.15) is 0 Å². The Hall–Kier alpha value is -1.32. The maximum absolute atomic E-state index is 13.2. The van der Waals surface area contributed by atoms with Crippen molar-refractivity contribution in [1.29, 1.82) is 0 Å². The van der Waals surface area contributed by atoms with E-state index in [4.69, 9.17) is 5.73 Å². The third-order valence-electron chi connectivity index (χ3n) is 3.47. The molecule has 1 fully saturated rings. The molecule has 1 aromatic rings. The highest BCUT2D eigenvalue weighted by molar-refractivity contribution is 5.53. The summed E-state index contributed by atoms with van der Waals surface area (Å²) in [4.78, 5) is 2.14. The topological polar surface area (TPSA) is 29.3 Å². The minimum atomic E-state index is -2.55. The van der Waals surface area contributed by atoms with E-state index in [0.717, 1.165) is 18.3 Å². The van der Waals surface area contributed by atoms with E-state index in [-0.39, 0.29) is 0 Å². The first-order valence-electron chi connectivity index (χ1n) is 5.95. The summed E-state index contributed by atoms with van der Waals surface area (Å²) in [5.74, 6) is -3.03. The van der Waals surface area contributed by atoms with E-state index in [1.54, 1.807) is 0 Å². The Morgan fingerprint density at radius 1 is 1.18 bits per heavy atom. The van der Waals surface area contributed by atoms with E-state index in [1.165, 1.54) is 0 Å². The molecule has 1 aromatic carbocycles. The third kappa shape index (κ3) is 2.87. The fourth-order valence-electron chi connectivity index (χ4n) is 2.33. The van der Waals surface area contributed by atoms with Gasteiger partial charge in [0.25, 0.3) is 0 Å². The smallest absolute Gasteiger partial charge is 0.248 e. The molecule has 2 nitrogen and oxygen atoms in total. The second-order valence-electron chi connectivity index (χ2n) is 4.81. The number of hydrogen-bond donors (Lipinski definition) is 1. The molecular formula is C13H18F2N2. The molecule has 4 heteroatoms. The van der Waals surface area contributed by atoms with Crippen LogP contribution in [0.5, 0.6) is 0 Å². The molecule has 0 aromatic heterocycles. The van der Waals surface area contributed by atoms with Gasteiger partial charge in [-0.1, -0.05) is 0 Å². The first-order valence-corrected chi connectivity index (χ1v) is 5.95. The van der Waals surface area contributed by atoms with Gasteiger partial charge >= 0.3 is 0 Å². The zero-order valence-corrected chi connectivity index (χ0v) is 10.00. The highest BCUT2D eigenvalue weighted by Crippen LogP contribution is 2.33. The van der Waals surface area contributed by atoms with Crippen LogP contribution in [-0.4, -0.2) is 19.0 Å². The van der Waals surface area contributed by atoms with Crippen molar-refractivity contribution in [3.8, 4) is 0 Å². The Bertz CT molecular complexity index is 362. The molecule has 2 rings (SSSR count). The molecule has 17 heavy (non-hydrogen) atoms. The van der Waals surface area contributed by atoms with Crippen LogP contribution in [-0.2, 0) is 0 Å². The van der Waals surface area contributed by atoms with Crippen molar-refractivity contribution in [3.05, 3.63) is 24.3 Å². The van der Waals surface area contributed by atoms with Crippen LogP contribution in [0, 0.1) is 5.92 Å². The van der Waals surface area contributed by atoms with E-state index in [0.29, 0.717) is 25.9 Å². The summed E-state index contributed by atoms with van der Waals surface area (Å²) in [6, 6.07) is 7.57. The quantitative estimate of drug-likeness (QED) is 0.805. The molecule has 94 valence electrons. The van der Waals surface area contributed by atoms with Crippen molar-refractivity contribution in [2.75, 3.05) is 23.7 Å². The highest BCUT2D eigenvalue weighted by Gasteiger charge is 2.36. The molecule has 1 aliphatic rings. The molecule has 0 saturated carbocycles. The molecular weight excluding hydrogens is 222 g/mol. The fraction of sp³-hybridized carbons (Fsp3) is 0.538. The van der Waals surface area contributed by atoms with Crippen LogP contribution in [0.4, 0.5) is 20.2 Å². The number of alkyl halides is 2. The van der Waals surface area contributed by atoms with E-state index in [2.05, 4.69) is 4.90 Å². The minimum absolute atomic E-state index is 0.479. The summed E-state index contributed by atoms with van der Waals surface area (Å²) in [5, 5.41) is 0. The fourth-order valence-corrected chi connectivity index (χ4v) is 2.33. The second-order valence-corrected chi connectivity index (χ2v) is 4.81. The van der Waals surface area contributed by atoms with Crippen LogP contribution in [0.3, 0.4) is 0 Å². The monoisotopic (exact) mass is 240 g/mol. The molecule has 1 saturated heterocycles. The average Bonchev–Trinajstić information content (AvgIpc) is 2.29. The number of hydrogen-bond acceptors (Lipinski definition) is 2. The second kappa shape index (κ2) is 4.51. The van der Waals surface area contributed by atoms with Crippen molar-refractivity contribution < 1.29 is 8.78 Å². The maximum atomic E-state index is 13.2. The predicted molar refractivity (Wildman–Crippen MR) is 66.4 cm³/mol. The van der Waals surface area contributed by atoms with Gasteiger partial charge in [0, 0.05) is 30.4 Å². The van der Waals surface area contributed by atoms with Crippen molar-refractivity contribution in [2.45, 2.75) is 25.7 Å². The summed E-state index contributed by atoms with van der Waals surface area (Å²) in [5.41, 5.74) is 7.41. The number of anilines is 2. The van der Waals surface area contributed by atoms with E-state index in [1.807, 2.05) is 24.3 Å². The van der Waals surface area contributed by atoms with Crippen LogP contribution < -0.4 is 10.6 Å². The van der Waals surface area contributed by atoms with Crippen molar-refractivity contribution in [1.82, 2.24) is 0 Å². The molecule has 1 heterocycles. The summed E-state index contributed by atoms with van der Waals surface area (Å²) in [6.07, 6.45) is 1.10. The lowest BCUT2D eigenvalue weighted by Gasteiger charge is -2.35. The van der Waals surface area contributed by atoms with Crippen molar-refractivity contribution in [2.24, 2.45) is 5.92 Å². The van der Waals surface area contributed by atoms with Crippen LogP contribution in [0.25, 0.3) is 0 Å². The normalized spacial score (nSPS) is 18.4. The van der Waals surface area contributed by atoms with Crippen LogP contribution in [0.2, 0.25) is 0 Å². The molecule has 0 radical (unpaired) electrons. The average molecular weight is 240 g/mol. The third-order valence-corrected chi connectivity index (χ3v) is 3.47. The first-order chi connectivity index (χ1) is 7.97. The minimum Gasteiger partial charge on any atom is -0.399 e. The molecule has 0 aliphatic carbocycles. The molecule has 1 aliphatic heterocycles. The van der Waals surface area contributed by atoms with Gasteiger partial charge in [0.05, 0.1) is 0 Å². The molecule has 0 bridgehead atoms. The number of rotatable bonds is 2. The Morgan fingerprint density at radius 2 is 1.71 bits per heavy atom. The van der Waals surface area contributed by atoms with Gasteiger partial charge in [-0.05, 0) is 44.0 Å². The lowest BCUT2D eigenvalue weighted by atomic mass is 9.91. The highest BCUT2D eigenvalue weighted by atomic mass is 19.3. The van der Waals surface area contributed by atoms with Gasteiger partial charge in [-0.3, -0.25) is 0 Å². The van der Waals surface area contributed by atoms with Crippen LogP contribution in [0.1, 0.15) is 19.8 Å². The number of benzene rings is 1. The lowest BCUT2D eigenvalue weighted by molar-refractivity contribution is -0.0481. The summed E-state index contributed by atoms with van der Waals surface area (Å²) in [7, 11) is 0. The molecule has 0 spiro atoms. The van der Waals surface area contributed by atoms with E-state index < -0.39 is 11.8 Å². The zero-order valence-electron chi connectivity index (χ0n) is 10.00. The Labute approximate surface area is 100 Å². The number of nitrogens with zero attached hydrogens (tertiary/aromatic N) is 1. The van der Waals surface area contributed by atoms with Gasteiger partial charge < -0.3 is 10.6 Å². The number of nitrogens with two attached hydrogens (primary N) is 1. The maximum Gasteiger partial charge on any atom is 0.248 e. The Kier molecular flexibility index (Phi) is 3.22. The largest absolute Gasteiger partial charge is 0.399 e. The van der Waals surface area contributed by atoms with Gasteiger partial charge in [-0.15, -0.1) is 0 Å². The van der Waals surface area contributed by atoms with E-state index in [9.17, 15) is 8.78 Å². The molecule has 0 amide bonds. The van der Waals surface area contributed by atoms with Crippen molar-refractivity contribution >= 4 is 11.4 Å². The zero-order chi connectivity index (χ0) is 12.5. The summed E-state index contributed by atoms with van der Waals surface area (Å²) in [6.45, 7) is 2.41. The van der Waals surface area contributed by atoms with Crippen LogP contribution >= 0.6 is 0 Å². The molecule has 0 atom stereocenters. The van der Waals surface area contributed by atoms with E-state index >= 15 is 0 Å². The van der Waals surface area contributed by atoms with Crippen LogP contribution in [0.15, 0.2) is 24.3 Å². The van der Waals surface area contributed by atoms with Gasteiger partial charge in [0.2, 0.25) is 5.92 Å². The van der Waals surface area contributed by atoms with Gasteiger partial charge in [-0.2, -0.15) is 0 Å². The van der Waals surface area contributed by atoms with Gasteiger partial charge in [0.15, 0.2) is 0 Å². The SMILES string of the molecule is CC(F)(F)C1CCN(c2ccc(N)cc2)CC1. The molecule has 2 N–H and O–H groups in total. The predicted octanol–water partition coefficient (Wildman–Crippen LogP) is 3.14. The van der Waals surface area contributed by atoms with Crippen molar-refractivity contribution in [3.63, 3.8) is 0 Å².